The fourth-order valence-corrected chi connectivity index (χ4v) is 3.21. The Balaban J connectivity index is 1.42. The van der Waals surface area contributed by atoms with E-state index in [0.717, 1.165) is 32.4 Å². The molecule has 0 saturated carbocycles. The number of nitrogens with zero attached hydrogens (tertiary/aromatic N) is 3. The Morgan fingerprint density at radius 2 is 2.08 bits per heavy atom. The molecular formula is C17H24N4O3. The molecule has 1 aromatic rings. The van der Waals surface area contributed by atoms with Crippen molar-refractivity contribution < 1.29 is 14.1 Å². The summed E-state index contributed by atoms with van der Waals surface area (Å²) < 4.78 is 4.93. The van der Waals surface area contributed by atoms with Crippen molar-refractivity contribution in [3.63, 3.8) is 0 Å². The highest BCUT2D eigenvalue weighted by Gasteiger charge is 2.27. The smallest absolute Gasteiger partial charge is 0.239 e. The van der Waals surface area contributed by atoms with Crippen molar-refractivity contribution in [1.29, 1.82) is 0 Å². The van der Waals surface area contributed by atoms with Gasteiger partial charge in [-0.3, -0.25) is 14.5 Å². The maximum absolute atomic E-state index is 12.5. The van der Waals surface area contributed by atoms with E-state index in [1.54, 1.807) is 13.0 Å². The molecule has 2 amide bonds. The minimum absolute atomic E-state index is 0.111. The van der Waals surface area contributed by atoms with Gasteiger partial charge >= 0.3 is 0 Å². The van der Waals surface area contributed by atoms with Gasteiger partial charge in [0.2, 0.25) is 11.8 Å². The first kappa shape index (κ1) is 16.7. The van der Waals surface area contributed by atoms with Gasteiger partial charge in [-0.25, -0.2) is 0 Å². The molecule has 1 N–H and O–H groups in total. The summed E-state index contributed by atoms with van der Waals surface area (Å²) >= 11 is 0. The molecule has 1 atom stereocenters. The number of rotatable bonds is 4. The van der Waals surface area contributed by atoms with Crippen LogP contribution in [0.4, 0.5) is 5.82 Å². The van der Waals surface area contributed by atoms with E-state index in [1.807, 2.05) is 4.90 Å². The average Bonchev–Trinajstić information content (AvgIpc) is 3.00. The molecular weight excluding hydrogens is 308 g/mol. The normalized spacial score (nSPS) is 21.7. The first-order valence-electron chi connectivity index (χ1n) is 8.51. The van der Waals surface area contributed by atoms with Gasteiger partial charge in [-0.05, 0) is 26.2 Å². The molecule has 0 radical (unpaired) electrons. The van der Waals surface area contributed by atoms with Crippen molar-refractivity contribution in [3.8, 4) is 0 Å². The monoisotopic (exact) mass is 332 g/mol. The van der Waals surface area contributed by atoms with Gasteiger partial charge in [0.15, 0.2) is 5.82 Å². The third-order valence-corrected chi connectivity index (χ3v) is 4.56. The predicted octanol–water partition coefficient (Wildman–Crippen LogP) is 1.42. The minimum Gasteiger partial charge on any atom is -0.360 e. The fourth-order valence-electron chi connectivity index (χ4n) is 3.21. The molecule has 7 heteroatoms. The summed E-state index contributed by atoms with van der Waals surface area (Å²) in [4.78, 5) is 28.5. The van der Waals surface area contributed by atoms with Crippen LogP contribution in [0, 0.1) is 12.8 Å². The van der Waals surface area contributed by atoms with Gasteiger partial charge in [-0.1, -0.05) is 17.3 Å². The van der Waals surface area contributed by atoms with Gasteiger partial charge in [0.25, 0.3) is 0 Å². The summed E-state index contributed by atoms with van der Waals surface area (Å²) in [6.07, 6.45) is 7.07. The maximum atomic E-state index is 12.5. The lowest BCUT2D eigenvalue weighted by Crippen LogP contribution is -2.51. The van der Waals surface area contributed by atoms with E-state index >= 15 is 0 Å². The summed E-state index contributed by atoms with van der Waals surface area (Å²) in [5.74, 6) is 1.40. The quantitative estimate of drug-likeness (QED) is 0.844. The van der Waals surface area contributed by atoms with E-state index in [1.165, 1.54) is 0 Å². The van der Waals surface area contributed by atoms with Crippen LogP contribution in [0.3, 0.4) is 0 Å². The van der Waals surface area contributed by atoms with Crippen LogP contribution in [0.25, 0.3) is 0 Å². The van der Waals surface area contributed by atoms with Crippen LogP contribution in [0.2, 0.25) is 0 Å². The molecule has 0 aromatic carbocycles. The number of hydrogen-bond donors (Lipinski definition) is 1. The second-order valence-electron chi connectivity index (χ2n) is 6.45. The molecule has 1 fully saturated rings. The Labute approximate surface area is 141 Å². The lowest BCUT2D eigenvalue weighted by atomic mass is 9.93. The molecule has 1 unspecified atom stereocenters. The van der Waals surface area contributed by atoms with Gasteiger partial charge in [0.05, 0.1) is 6.54 Å². The number of carbonyl (C=O) groups excluding carboxylic acids is 2. The van der Waals surface area contributed by atoms with E-state index in [-0.39, 0.29) is 17.7 Å². The van der Waals surface area contributed by atoms with Gasteiger partial charge in [0.1, 0.15) is 5.76 Å². The van der Waals surface area contributed by atoms with Gasteiger partial charge in [-0.15, -0.1) is 0 Å². The van der Waals surface area contributed by atoms with Crippen LogP contribution in [0.5, 0.6) is 0 Å². The van der Waals surface area contributed by atoms with Crippen molar-refractivity contribution in [2.75, 3.05) is 38.0 Å². The average molecular weight is 332 g/mol. The Morgan fingerprint density at radius 3 is 2.71 bits per heavy atom. The topological polar surface area (TPSA) is 78.7 Å². The van der Waals surface area contributed by atoms with Crippen LogP contribution in [-0.4, -0.2) is 59.5 Å². The lowest BCUT2D eigenvalue weighted by Gasteiger charge is -2.36. The highest BCUT2D eigenvalue weighted by Crippen LogP contribution is 2.21. The maximum Gasteiger partial charge on any atom is 0.239 e. The minimum atomic E-state index is -0.111. The van der Waals surface area contributed by atoms with Crippen LogP contribution in [0.15, 0.2) is 22.7 Å². The fraction of sp³-hybridized carbons (Fsp3) is 0.588. The van der Waals surface area contributed by atoms with Crippen LogP contribution in [0.1, 0.15) is 25.0 Å². The van der Waals surface area contributed by atoms with Gasteiger partial charge in [-0.2, -0.15) is 0 Å². The Morgan fingerprint density at radius 1 is 1.29 bits per heavy atom. The van der Waals surface area contributed by atoms with E-state index in [4.69, 9.17) is 4.52 Å². The lowest BCUT2D eigenvalue weighted by molar-refractivity contribution is -0.137. The third kappa shape index (κ3) is 4.23. The zero-order valence-corrected chi connectivity index (χ0v) is 14.0. The molecule has 24 heavy (non-hydrogen) atoms. The van der Waals surface area contributed by atoms with Crippen LogP contribution in [-0.2, 0) is 9.59 Å². The summed E-state index contributed by atoms with van der Waals surface area (Å²) in [6.45, 7) is 4.91. The number of allylic oxidation sites excluding steroid dienone is 2. The second-order valence-corrected chi connectivity index (χ2v) is 6.45. The standard InChI is InChI=1S/C17H24N4O3/c1-13-11-15(19-24-13)18-16(22)12-20-7-9-21(10-8-20)17(23)14-5-3-2-4-6-14/h2-3,11,14H,4-10,12H2,1H3,(H,18,19,22). The van der Waals surface area contributed by atoms with Crippen LogP contribution >= 0.6 is 0 Å². The SMILES string of the molecule is Cc1cc(NC(=O)CN2CCN(C(=O)C3CC=CCC3)CC2)no1. The molecule has 1 aliphatic carbocycles. The zero-order valence-electron chi connectivity index (χ0n) is 14.0. The molecule has 2 heterocycles. The third-order valence-electron chi connectivity index (χ3n) is 4.56. The van der Waals surface area contributed by atoms with Crippen molar-refractivity contribution in [1.82, 2.24) is 15.0 Å². The molecule has 130 valence electrons. The second kappa shape index (κ2) is 7.61. The van der Waals surface area contributed by atoms with Gasteiger partial charge in [0, 0.05) is 38.2 Å². The van der Waals surface area contributed by atoms with Gasteiger partial charge < -0.3 is 14.7 Å². The van der Waals surface area contributed by atoms with Crippen molar-refractivity contribution in [2.45, 2.75) is 26.2 Å². The summed E-state index contributed by atoms with van der Waals surface area (Å²) in [7, 11) is 0. The number of carbonyl (C=O) groups is 2. The Kier molecular flexibility index (Phi) is 5.30. The number of aryl methyl sites for hydroxylation is 1. The van der Waals surface area contributed by atoms with Crippen molar-refractivity contribution >= 4 is 17.6 Å². The Hall–Kier alpha value is -2.15. The van der Waals surface area contributed by atoms with Crippen molar-refractivity contribution in [3.05, 3.63) is 24.0 Å². The largest absolute Gasteiger partial charge is 0.360 e. The van der Waals surface area contributed by atoms with E-state index in [9.17, 15) is 9.59 Å². The van der Waals surface area contributed by atoms with Crippen LogP contribution < -0.4 is 5.32 Å². The number of anilines is 1. The number of aromatic nitrogens is 1. The summed E-state index contributed by atoms with van der Waals surface area (Å²) in [5, 5.41) is 6.47. The van der Waals surface area contributed by atoms with E-state index < -0.39 is 0 Å². The molecule has 7 nitrogen and oxygen atoms in total. The molecule has 1 saturated heterocycles. The van der Waals surface area contributed by atoms with E-state index in [0.29, 0.717) is 31.2 Å². The summed E-state index contributed by atoms with van der Waals surface area (Å²) in [5.41, 5.74) is 0. The number of hydrogen-bond acceptors (Lipinski definition) is 5. The zero-order chi connectivity index (χ0) is 16.9. The first-order chi connectivity index (χ1) is 11.6. The highest BCUT2D eigenvalue weighted by atomic mass is 16.5. The van der Waals surface area contributed by atoms with Crippen molar-refractivity contribution in [2.24, 2.45) is 5.92 Å². The first-order valence-corrected chi connectivity index (χ1v) is 8.51. The number of amides is 2. The molecule has 3 rings (SSSR count). The predicted molar refractivity (Wildman–Crippen MR) is 89.4 cm³/mol. The Bertz CT molecular complexity index is 617. The number of nitrogens with one attached hydrogen (secondary N) is 1. The molecule has 1 aromatic heterocycles. The van der Waals surface area contributed by atoms with E-state index in [2.05, 4.69) is 27.5 Å². The summed E-state index contributed by atoms with van der Waals surface area (Å²) in [6, 6.07) is 1.69. The number of piperazine rings is 1. The highest BCUT2D eigenvalue weighted by molar-refractivity contribution is 5.91. The molecule has 1 aliphatic heterocycles. The molecule has 0 spiro atoms. The molecule has 0 bridgehead atoms. The molecule has 2 aliphatic rings.